The van der Waals surface area contributed by atoms with Crippen molar-refractivity contribution in [3.8, 4) is 0 Å². The number of nitrogens with two attached hydrogens (primary N) is 1. The summed E-state index contributed by atoms with van der Waals surface area (Å²) < 4.78 is 17.7. The molecular formula is C73H108N12O8. The standard InChI is InChI=1S/C26H38N4O3.C21H30N4O.C16H20N2O2.C10H20N2O2/c1-18-6-7-22-20(16-18)21-17-28(5)12-10-23(21)30(22)15-11-24(31)27-19-8-13-29(14-9-19)25(32)33-26(2,3)4;1-15-3-4-19-17(13-15)18-14-24(2)11-7-20(18)25(19)12-8-21(26)23-16-5-9-22-10-6-16;1-11-3-4-14-12(9-11)13-10-17(2)7-5-15(13)18(14)8-6-16(19)20;1-10(2,3)14-9(13)12-6-4-8(11)5-7-12/h6-7,16,19H,8-15,17H2,1-5H3,(H,27,31);3-4,13,16,22H,5-12,14H2,1-2H3,(H,23,26);3-4,9H,5-8,10H2,1-2H3,(H,19,20);8H,4-7,11H2,1-3H3. The first-order chi connectivity index (χ1) is 44.2. The average Bonchev–Trinajstić information content (AvgIpc) is 1.63. The molecule has 6 aromatic rings. The molecule has 0 atom stereocenters. The summed E-state index contributed by atoms with van der Waals surface area (Å²) in [4.78, 5) is 70.5. The monoisotopic (exact) mass is 1280 g/mol. The number of fused-ring (bicyclic) bond motifs is 9. The highest BCUT2D eigenvalue weighted by atomic mass is 16.6. The molecule has 0 spiro atoms. The zero-order valence-electron chi connectivity index (χ0n) is 58.0. The van der Waals surface area contributed by atoms with E-state index in [1.807, 2.05) is 41.5 Å². The third-order valence-electron chi connectivity index (χ3n) is 18.9. The van der Waals surface area contributed by atoms with E-state index in [1.165, 1.54) is 83.2 Å². The van der Waals surface area contributed by atoms with E-state index in [-0.39, 0.29) is 42.5 Å². The van der Waals surface area contributed by atoms with Gasteiger partial charge in [0, 0.05) is 185 Å². The number of nitrogens with one attached hydrogen (secondary N) is 3. The largest absolute Gasteiger partial charge is 0.481 e. The Labute approximate surface area is 551 Å². The molecule has 6 aliphatic heterocycles. The molecule has 20 heteroatoms. The number of nitrogens with zero attached hydrogens (tertiary/aromatic N) is 8. The van der Waals surface area contributed by atoms with Crippen LogP contribution in [0.2, 0.25) is 0 Å². The number of aryl methyl sites for hydroxylation is 6. The van der Waals surface area contributed by atoms with Gasteiger partial charge >= 0.3 is 18.2 Å². The third kappa shape index (κ3) is 18.9. The fourth-order valence-electron chi connectivity index (χ4n) is 14.0. The van der Waals surface area contributed by atoms with E-state index in [2.05, 4.69) is 141 Å². The fraction of sp³-hybridized carbons (Fsp3) is 0.603. The summed E-state index contributed by atoms with van der Waals surface area (Å²) in [7, 11) is 6.50. The molecular weight excluding hydrogens is 1170 g/mol. The summed E-state index contributed by atoms with van der Waals surface area (Å²) in [5.74, 6) is -0.463. The van der Waals surface area contributed by atoms with Crippen LogP contribution in [-0.2, 0) is 82.4 Å². The van der Waals surface area contributed by atoms with Crippen LogP contribution in [0, 0.1) is 20.8 Å². The maximum atomic E-state index is 12.8. The van der Waals surface area contributed by atoms with Gasteiger partial charge in [-0.1, -0.05) is 34.9 Å². The van der Waals surface area contributed by atoms with E-state index >= 15 is 0 Å². The average molecular weight is 1280 g/mol. The lowest BCUT2D eigenvalue weighted by atomic mass is 10.0. The van der Waals surface area contributed by atoms with Crippen molar-refractivity contribution in [2.24, 2.45) is 5.73 Å². The van der Waals surface area contributed by atoms with Crippen molar-refractivity contribution in [3.05, 3.63) is 105 Å². The Balaban J connectivity index is 0.000000153. The number of amides is 4. The number of carboxylic acids is 1. The van der Waals surface area contributed by atoms with Gasteiger partial charge in [-0.2, -0.15) is 0 Å². The number of benzene rings is 3. The van der Waals surface area contributed by atoms with Gasteiger partial charge in [0.15, 0.2) is 0 Å². The van der Waals surface area contributed by atoms with Gasteiger partial charge in [0.1, 0.15) is 11.2 Å². The number of ether oxygens (including phenoxy) is 2. The van der Waals surface area contributed by atoms with E-state index in [1.54, 1.807) is 9.80 Å². The van der Waals surface area contributed by atoms with Crippen LogP contribution in [0.25, 0.3) is 32.7 Å². The number of carbonyl (C=O) groups excluding carboxylic acids is 4. The van der Waals surface area contributed by atoms with E-state index in [0.717, 1.165) is 130 Å². The Hall–Kier alpha value is -6.97. The smallest absolute Gasteiger partial charge is 0.410 e. The van der Waals surface area contributed by atoms with Crippen molar-refractivity contribution in [2.45, 2.75) is 208 Å². The van der Waals surface area contributed by atoms with Gasteiger partial charge in [-0.25, -0.2) is 9.59 Å². The number of rotatable bonds is 11. The number of likely N-dealkylation sites (tertiary alicyclic amines) is 2. The summed E-state index contributed by atoms with van der Waals surface area (Å²) in [6.07, 6.45) is 9.16. The molecule has 3 aromatic heterocycles. The molecule has 9 heterocycles. The molecule has 4 amide bonds. The normalized spacial score (nSPS) is 17.9. The van der Waals surface area contributed by atoms with Gasteiger partial charge in [-0.15, -0.1) is 0 Å². The Morgan fingerprint density at radius 2 is 0.839 bits per heavy atom. The lowest BCUT2D eigenvalue weighted by Crippen LogP contribution is -2.47. The van der Waals surface area contributed by atoms with Gasteiger partial charge in [0.25, 0.3) is 0 Å². The molecule has 3 saturated heterocycles. The van der Waals surface area contributed by atoms with Crippen LogP contribution in [0.1, 0.15) is 150 Å². The van der Waals surface area contributed by atoms with E-state index in [9.17, 15) is 24.0 Å². The highest BCUT2D eigenvalue weighted by molar-refractivity contribution is 5.89. The van der Waals surface area contributed by atoms with Gasteiger partial charge < -0.3 is 74.5 Å². The summed E-state index contributed by atoms with van der Waals surface area (Å²) >= 11 is 0. The highest BCUT2D eigenvalue weighted by Crippen LogP contribution is 2.35. The molecule has 6 N–H and O–H groups in total. The Kier molecular flexibility index (Phi) is 23.5. The first-order valence-corrected chi connectivity index (χ1v) is 34.3. The third-order valence-corrected chi connectivity index (χ3v) is 18.9. The number of carbonyl (C=O) groups is 5. The minimum Gasteiger partial charge on any atom is -0.481 e. The first kappa shape index (κ1) is 70.3. The van der Waals surface area contributed by atoms with Crippen LogP contribution in [0.5, 0.6) is 0 Å². The molecule has 0 bridgehead atoms. The number of hydrogen-bond acceptors (Lipinski definition) is 12. The number of aromatic nitrogens is 3. The molecule has 0 radical (unpaired) electrons. The number of aliphatic carboxylic acids is 1. The van der Waals surface area contributed by atoms with Crippen molar-refractivity contribution >= 4 is 62.7 Å². The molecule has 508 valence electrons. The lowest BCUT2D eigenvalue weighted by Gasteiger charge is -2.33. The molecule has 12 rings (SSSR count). The van der Waals surface area contributed by atoms with Crippen molar-refractivity contribution < 1.29 is 38.6 Å². The van der Waals surface area contributed by atoms with Crippen molar-refractivity contribution in [1.82, 2.24) is 54.2 Å². The molecule has 0 saturated carbocycles. The second kappa shape index (κ2) is 31.1. The van der Waals surface area contributed by atoms with E-state index in [0.29, 0.717) is 45.1 Å². The molecule has 20 nitrogen and oxygen atoms in total. The predicted molar refractivity (Wildman–Crippen MR) is 370 cm³/mol. The van der Waals surface area contributed by atoms with Crippen molar-refractivity contribution in [2.75, 3.05) is 80.0 Å². The molecule has 0 unspecified atom stereocenters. The highest BCUT2D eigenvalue weighted by Gasteiger charge is 2.31. The van der Waals surface area contributed by atoms with Crippen LogP contribution in [0.4, 0.5) is 9.59 Å². The zero-order valence-corrected chi connectivity index (χ0v) is 58.0. The summed E-state index contributed by atoms with van der Waals surface area (Å²) in [6, 6.07) is 20.5. The van der Waals surface area contributed by atoms with Gasteiger partial charge in [-0.3, -0.25) is 14.4 Å². The Bertz CT molecular complexity index is 3590. The summed E-state index contributed by atoms with van der Waals surface area (Å²) in [6.45, 7) is 30.5. The summed E-state index contributed by atoms with van der Waals surface area (Å²) in [5.41, 5.74) is 20.8. The molecule has 6 aliphatic rings. The fourth-order valence-corrected chi connectivity index (χ4v) is 14.0. The topological polar surface area (TPSA) is 217 Å². The Morgan fingerprint density at radius 3 is 1.18 bits per heavy atom. The first-order valence-electron chi connectivity index (χ1n) is 34.3. The lowest BCUT2D eigenvalue weighted by molar-refractivity contribution is -0.137. The van der Waals surface area contributed by atoms with E-state index < -0.39 is 17.2 Å². The van der Waals surface area contributed by atoms with Crippen molar-refractivity contribution in [1.29, 1.82) is 0 Å². The maximum Gasteiger partial charge on any atom is 0.410 e. The molecule has 3 aromatic carbocycles. The number of likely N-dealkylation sites (N-methyl/N-ethyl adjacent to an activating group) is 3. The second-order valence-electron chi connectivity index (χ2n) is 29.1. The second-order valence-corrected chi connectivity index (χ2v) is 29.1. The summed E-state index contributed by atoms with van der Waals surface area (Å²) in [5, 5.41) is 22.7. The molecule has 93 heavy (non-hydrogen) atoms. The van der Waals surface area contributed by atoms with Crippen molar-refractivity contribution in [3.63, 3.8) is 0 Å². The predicted octanol–water partition coefficient (Wildman–Crippen LogP) is 9.80. The van der Waals surface area contributed by atoms with Gasteiger partial charge in [0.2, 0.25) is 11.8 Å². The Morgan fingerprint density at radius 1 is 0.505 bits per heavy atom. The quantitative estimate of drug-likeness (QED) is 0.0817. The number of carboxylic acid groups (broad SMARTS) is 1. The van der Waals surface area contributed by atoms with Crippen LogP contribution >= 0.6 is 0 Å². The number of piperidine rings is 3. The van der Waals surface area contributed by atoms with Gasteiger partial charge in [0.05, 0.1) is 6.42 Å². The maximum absolute atomic E-state index is 12.8. The molecule has 0 aliphatic carbocycles. The number of hydrogen-bond donors (Lipinski definition) is 5. The minimum atomic E-state index is -0.736. The molecule has 3 fully saturated rings. The SMILES string of the molecule is CC(C)(C)OC(=O)N1CCC(N)CC1.Cc1ccc2c(c1)c1c(n2CCC(=O)NC2CCN(C(=O)OC(C)(C)C)CC2)CCN(C)C1.Cc1ccc2c(c1)c1c(n2CCC(=O)NC2CCNCC2)CCN(C)C1.Cc1ccc2c(c1)c1c(n2CCC(=O)O)CCN(C)C1. The van der Waals surface area contributed by atoms with Crippen LogP contribution in [-0.4, -0.2) is 183 Å². The van der Waals surface area contributed by atoms with Crippen LogP contribution in [0.3, 0.4) is 0 Å². The van der Waals surface area contributed by atoms with Crippen LogP contribution < -0.4 is 21.7 Å². The minimum absolute atomic E-state index is 0.0846. The van der Waals surface area contributed by atoms with Gasteiger partial charge in [-0.05, 0) is 188 Å². The zero-order chi connectivity index (χ0) is 66.9. The van der Waals surface area contributed by atoms with E-state index in [4.69, 9.17) is 20.3 Å². The van der Waals surface area contributed by atoms with Crippen LogP contribution in [0.15, 0.2) is 54.6 Å².